The third-order valence-corrected chi connectivity index (χ3v) is 2.75. The van der Waals surface area contributed by atoms with E-state index in [1.54, 1.807) is 0 Å². The van der Waals surface area contributed by atoms with Gasteiger partial charge in [-0.2, -0.15) is 0 Å². The van der Waals surface area contributed by atoms with E-state index in [0.29, 0.717) is 4.73 Å². The molecule has 0 saturated carbocycles. The van der Waals surface area contributed by atoms with Gasteiger partial charge in [-0.1, -0.05) is 0 Å². The average Bonchev–Trinajstić information content (AvgIpc) is 2.11. The molecule has 1 aromatic rings. The van der Waals surface area contributed by atoms with Crippen LogP contribution in [0.4, 0.5) is 0 Å². The molecule has 0 atom stereocenters. The molecule has 6 heteroatoms. The Bertz CT molecular complexity index is 329. The minimum atomic E-state index is -3.18. The Morgan fingerprint density at radius 1 is 1.70 bits per heavy atom. The molecule has 1 heterocycles. The first-order valence-corrected chi connectivity index (χ1v) is 5.05. The minimum Gasteiger partial charge on any atom is -0.230 e. The Morgan fingerprint density at radius 2 is 2.30 bits per heavy atom. The summed E-state index contributed by atoms with van der Waals surface area (Å²) in [7, 11) is -3.18. The van der Waals surface area contributed by atoms with Gasteiger partial charge in [0, 0.05) is 12.4 Å². The number of halogens is 1. The predicted molar refractivity (Wildman–Crippen MR) is 40.2 cm³/mol. The maximum atomic E-state index is 10.8. The van der Waals surface area contributed by atoms with E-state index in [1.807, 2.05) is 0 Å². The Balaban J connectivity index is 3.32. The molecular formula is C4H5BrN2O2S. The van der Waals surface area contributed by atoms with Crippen LogP contribution in [-0.2, 0) is 10.0 Å². The second kappa shape index (κ2) is 2.35. The van der Waals surface area contributed by atoms with Crippen LogP contribution in [0, 0.1) is 0 Å². The molecule has 0 radical (unpaired) electrons. The summed E-state index contributed by atoms with van der Waals surface area (Å²) in [5.41, 5.74) is 0. The van der Waals surface area contributed by atoms with E-state index in [-0.39, 0.29) is 0 Å². The summed E-state index contributed by atoms with van der Waals surface area (Å²) in [6.45, 7) is 0. The number of rotatable bonds is 1. The standard InChI is InChI=1S/C4H5BrN2O2S/c1-10(8,9)7-3-2-6-4(7)5/h2-3H,1H3. The minimum absolute atomic E-state index is 0.301. The van der Waals surface area contributed by atoms with Gasteiger partial charge in [0.1, 0.15) is 0 Å². The summed E-state index contributed by atoms with van der Waals surface area (Å²) in [4.78, 5) is 3.68. The topological polar surface area (TPSA) is 52.0 Å². The van der Waals surface area contributed by atoms with Crippen molar-refractivity contribution < 1.29 is 8.42 Å². The fourth-order valence-corrected chi connectivity index (χ4v) is 2.14. The number of aromatic nitrogens is 2. The van der Waals surface area contributed by atoms with Gasteiger partial charge in [0.25, 0.3) is 0 Å². The molecule has 10 heavy (non-hydrogen) atoms. The van der Waals surface area contributed by atoms with Crippen molar-refractivity contribution in [1.82, 2.24) is 8.96 Å². The summed E-state index contributed by atoms with van der Waals surface area (Å²) in [5.74, 6) is 0. The Labute approximate surface area is 67.1 Å². The van der Waals surface area contributed by atoms with Crippen molar-refractivity contribution in [1.29, 1.82) is 0 Å². The van der Waals surface area contributed by atoms with Gasteiger partial charge in [-0.05, 0) is 15.9 Å². The lowest BCUT2D eigenvalue weighted by Gasteiger charge is -1.96. The second-order valence-electron chi connectivity index (χ2n) is 1.76. The van der Waals surface area contributed by atoms with Crippen LogP contribution >= 0.6 is 15.9 Å². The molecule has 0 unspecified atom stereocenters. The molecule has 0 saturated heterocycles. The third kappa shape index (κ3) is 1.38. The summed E-state index contributed by atoms with van der Waals surface area (Å²) in [6, 6.07) is 0. The van der Waals surface area contributed by atoms with Gasteiger partial charge < -0.3 is 0 Å². The smallest absolute Gasteiger partial charge is 0.230 e. The monoisotopic (exact) mass is 224 g/mol. The van der Waals surface area contributed by atoms with Crippen molar-refractivity contribution in [3.05, 3.63) is 17.1 Å². The zero-order valence-electron chi connectivity index (χ0n) is 5.15. The molecule has 4 nitrogen and oxygen atoms in total. The lowest BCUT2D eigenvalue weighted by Crippen LogP contribution is -2.08. The van der Waals surface area contributed by atoms with Crippen LogP contribution in [0.1, 0.15) is 0 Å². The van der Waals surface area contributed by atoms with Crippen LogP contribution in [0.5, 0.6) is 0 Å². The molecule has 56 valence electrons. The molecule has 0 amide bonds. The van der Waals surface area contributed by atoms with E-state index in [9.17, 15) is 8.42 Å². The number of nitrogens with zero attached hydrogens (tertiary/aromatic N) is 2. The van der Waals surface area contributed by atoms with Crippen molar-refractivity contribution in [2.45, 2.75) is 0 Å². The first-order valence-electron chi connectivity index (χ1n) is 2.41. The van der Waals surface area contributed by atoms with Crippen molar-refractivity contribution in [3.63, 3.8) is 0 Å². The van der Waals surface area contributed by atoms with Gasteiger partial charge >= 0.3 is 0 Å². The van der Waals surface area contributed by atoms with Gasteiger partial charge in [-0.3, -0.25) is 0 Å². The fraction of sp³-hybridized carbons (Fsp3) is 0.250. The highest BCUT2D eigenvalue weighted by molar-refractivity contribution is 9.10. The van der Waals surface area contributed by atoms with Gasteiger partial charge in [0.05, 0.1) is 6.26 Å². The largest absolute Gasteiger partial charge is 0.237 e. The van der Waals surface area contributed by atoms with Crippen LogP contribution in [0.15, 0.2) is 17.1 Å². The van der Waals surface area contributed by atoms with Crippen LogP contribution in [-0.4, -0.2) is 23.6 Å². The molecule has 0 aliphatic heterocycles. The van der Waals surface area contributed by atoms with Gasteiger partial charge in [0.2, 0.25) is 10.0 Å². The van der Waals surface area contributed by atoms with Gasteiger partial charge in [-0.25, -0.2) is 17.4 Å². The van der Waals surface area contributed by atoms with E-state index < -0.39 is 10.0 Å². The van der Waals surface area contributed by atoms with Crippen molar-refractivity contribution in [3.8, 4) is 0 Å². The summed E-state index contributed by atoms with van der Waals surface area (Å²) >= 11 is 2.97. The SMILES string of the molecule is CS(=O)(=O)n1ccnc1Br. The molecule has 0 bridgehead atoms. The first kappa shape index (κ1) is 7.74. The number of imidazole rings is 1. The van der Waals surface area contributed by atoms with E-state index in [2.05, 4.69) is 20.9 Å². The van der Waals surface area contributed by atoms with E-state index >= 15 is 0 Å². The molecule has 0 N–H and O–H groups in total. The molecule has 1 rings (SSSR count). The second-order valence-corrected chi connectivity index (χ2v) is 4.32. The molecular weight excluding hydrogens is 220 g/mol. The zero-order valence-corrected chi connectivity index (χ0v) is 7.55. The molecule has 0 spiro atoms. The summed E-state index contributed by atoms with van der Waals surface area (Å²) < 4.78 is 23.0. The van der Waals surface area contributed by atoms with Gasteiger partial charge in [-0.15, -0.1) is 0 Å². The third-order valence-electron chi connectivity index (χ3n) is 0.922. The van der Waals surface area contributed by atoms with E-state index in [1.165, 1.54) is 12.4 Å². The van der Waals surface area contributed by atoms with Crippen molar-refractivity contribution in [2.75, 3.05) is 6.26 Å². The number of hydrogen-bond donors (Lipinski definition) is 0. The van der Waals surface area contributed by atoms with Crippen LogP contribution in [0.3, 0.4) is 0 Å². The first-order chi connectivity index (χ1) is 4.52. The predicted octanol–water partition coefficient (Wildman–Crippen LogP) is 0.453. The van der Waals surface area contributed by atoms with Crippen LogP contribution in [0.25, 0.3) is 0 Å². The highest BCUT2D eigenvalue weighted by atomic mass is 79.9. The quantitative estimate of drug-likeness (QED) is 0.697. The van der Waals surface area contributed by atoms with E-state index in [0.717, 1.165) is 10.2 Å². The maximum absolute atomic E-state index is 10.8. The fourth-order valence-electron chi connectivity index (χ4n) is 0.521. The Morgan fingerprint density at radius 3 is 2.50 bits per heavy atom. The molecule has 0 aromatic carbocycles. The van der Waals surface area contributed by atoms with Crippen molar-refractivity contribution in [2.24, 2.45) is 0 Å². The molecule has 0 fully saturated rings. The Kier molecular flexibility index (Phi) is 1.82. The molecule has 0 aliphatic carbocycles. The number of hydrogen-bond acceptors (Lipinski definition) is 3. The normalized spacial score (nSPS) is 11.8. The highest BCUT2D eigenvalue weighted by Gasteiger charge is 2.07. The molecule has 1 aromatic heterocycles. The zero-order chi connectivity index (χ0) is 7.78. The summed E-state index contributed by atoms with van der Waals surface area (Å²) in [6.07, 6.45) is 3.89. The average molecular weight is 225 g/mol. The van der Waals surface area contributed by atoms with Crippen LogP contribution < -0.4 is 0 Å². The maximum Gasteiger partial charge on any atom is 0.237 e. The van der Waals surface area contributed by atoms with Gasteiger partial charge in [0.15, 0.2) is 4.73 Å². The van der Waals surface area contributed by atoms with E-state index in [4.69, 9.17) is 0 Å². The summed E-state index contributed by atoms with van der Waals surface area (Å²) in [5, 5.41) is 0. The van der Waals surface area contributed by atoms with Crippen molar-refractivity contribution >= 4 is 26.0 Å². The lowest BCUT2D eigenvalue weighted by molar-refractivity contribution is 0.592. The molecule has 0 aliphatic rings. The highest BCUT2D eigenvalue weighted by Crippen LogP contribution is 2.07. The van der Waals surface area contributed by atoms with Crippen LogP contribution in [0.2, 0.25) is 0 Å². The Hall–Kier alpha value is -0.360. The lowest BCUT2D eigenvalue weighted by atomic mass is 11.0.